The van der Waals surface area contributed by atoms with Crippen LogP contribution < -0.4 is 0 Å². The Hall–Kier alpha value is -2.05. The zero-order chi connectivity index (χ0) is 12.5. The van der Waals surface area contributed by atoms with Gasteiger partial charge in [-0.1, -0.05) is 17.3 Å². The Morgan fingerprint density at radius 1 is 1.29 bits per heavy atom. The fourth-order valence-electron chi connectivity index (χ4n) is 1.28. The molecule has 0 radical (unpaired) electrons. The molecule has 2 rings (SSSR count). The number of phenols is 1. The van der Waals surface area contributed by atoms with Crippen LogP contribution in [0.2, 0.25) is 0 Å². The summed E-state index contributed by atoms with van der Waals surface area (Å²) in [6.07, 6.45) is -4.57. The van der Waals surface area contributed by atoms with E-state index in [0.29, 0.717) is 5.56 Å². The Bertz CT molecular complexity index is 522. The summed E-state index contributed by atoms with van der Waals surface area (Å²) in [6.45, 7) is 0. The molecule has 0 bridgehead atoms. The number of alkyl halides is 3. The normalized spacial score (nSPS) is 11.7. The molecule has 0 aliphatic carbocycles. The van der Waals surface area contributed by atoms with Crippen molar-refractivity contribution in [2.24, 2.45) is 0 Å². The van der Waals surface area contributed by atoms with Gasteiger partial charge in [0.2, 0.25) is 5.89 Å². The van der Waals surface area contributed by atoms with E-state index in [9.17, 15) is 18.3 Å². The van der Waals surface area contributed by atoms with E-state index in [4.69, 9.17) is 0 Å². The maximum absolute atomic E-state index is 12.2. The number of hydrogen-bond acceptors (Lipinski definition) is 4. The number of halogens is 3. The minimum atomic E-state index is -4.61. The minimum absolute atomic E-state index is 0.0260. The predicted molar refractivity (Wildman–Crippen MR) is 50.2 cm³/mol. The third kappa shape index (κ3) is 2.74. The van der Waals surface area contributed by atoms with Crippen molar-refractivity contribution in [3.05, 3.63) is 41.5 Å². The fraction of sp³-hybridized carbons (Fsp3) is 0.200. The van der Waals surface area contributed by atoms with Crippen LogP contribution >= 0.6 is 0 Å². The fourth-order valence-corrected chi connectivity index (χ4v) is 1.28. The largest absolute Gasteiger partial charge is 0.508 e. The molecule has 0 atom stereocenters. The summed E-state index contributed by atoms with van der Waals surface area (Å²) in [5.41, 5.74) is 0.586. The third-order valence-corrected chi connectivity index (χ3v) is 1.99. The number of rotatable bonds is 2. The van der Waals surface area contributed by atoms with Gasteiger partial charge in [-0.05, 0) is 17.7 Å². The Morgan fingerprint density at radius 3 is 2.65 bits per heavy atom. The van der Waals surface area contributed by atoms with Crippen molar-refractivity contribution in [2.75, 3.05) is 0 Å². The first-order chi connectivity index (χ1) is 7.95. The minimum Gasteiger partial charge on any atom is -0.508 e. The Kier molecular flexibility index (Phi) is 2.74. The van der Waals surface area contributed by atoms with E-state index in [0.717, 1.165) is 0 Å². The van der Waals surface area contributed by atoms with Crippen LogP contribution in [0.4, 0.5) is 13.2 Å². The van der Waals surface area contributed by atoms with Crippen molar-refractivity contribution < 1.29 is 22.8 Å². The van der Waals surface area contributed by atoms with Crippen LogP contribution in [-0.4, -0.2) is 15.2 Å². The van der Waals surface area contributed by atoms with Gasteiger partial charge in [0.1, 0.15) is 5.75 Å². The molecule has 1 aromatic heterocycles. The average molecular weight is 244 g/mol. The number of phenolic OH excluding ortho intramolecular Hbond substituents is 1. The van der Waals surface area contributed by atoms with Crippen molar-refractivity contribution >= 4 is 0 Å². The van der Waals surface area contributed by atoms with E-state index in [1.54, 1.807) is 12.1 Å². The van der Waals surface area contributed by atoms with Gasteiger partial charge in [-0.25, -0.2) is 0 Å². The van der Waals surface area contributed by atoms with Gasteiger partial charge in [-0.2, -0.15) is 18.2 Å². The molecule has 1 heterocycles. The molecule has 0 saturated heterocycles. The van der Waals surface area contributed by atoms with Gasteiger partial charge in [-0.15, -0.1) is 0 Å². The molecule has 0 saturated carbocycles. The van der Waals surface area contributed by atoms with Crippen LogP contribution in [0.15, 0.2) is 28.8 Å². The number of aromatic nitrogens is 2. The van der Waals surface area contributed by atoms with Gasteiger partial charge < -0.3 is 9.63 Å². The first-order valence-corrected chi connectivity index (χ1v) is 4.63. The van der Waals surface area contributed by atoms with Crippen LogP contribution in [0.1, 0.15) is 17.3 Å². The van der Waals surface area contributed by atoms with Gasteiger partial charge >= 0.3 is 6.18 Å². The summed E-state index contributed by atoms with van der Waals surface area (Å²) < 4.78 is 41.0. The number of hydrogen-bond donors (Lipinski definition) is 1. The first-order valence-electron chi connectivity index (χ1n) is 4.63. The molecule has 4 nitrogen and oxygen atoms in total. The SMILES string of the molecule is Oc1cccc(Cc2nc(C(F)(F)F)no2)c1. The summed E-state index contributed by atoms with van der Waals surface area (Å²) >= 11 is 0. The van der Waals surface area contributed by atoms with Gasteiger partial charge in [0, 0.05) is 0 Å². The number of nitrogens with zero attached hydrogens (tertiary/aromatic N) is 2. The maximum Gasteiger partial charge on any atom is 0.455 e. The molecular formula is C10H7F3N2O2. The van der Waals surface area contributed by atoms with E-state index < -0.39 is 12.0 Å². The van der Waals surface area contributed by atoms with Crippen molar-refractivity contribution in [2.45, 2.75) is 12.6 Å². The second kappa shape index (κ2) is 4.08. The van der Waals surface area contributed by atoms with Crippen molar-refractivity contribution in [1.82, 2.24) is 10.1 Å². The summed E-state index contributed by atoms with van der Waals surface area (Å²) in [7, 11) is 0. The van der Waals surface area contributed by atoms with E-state index in [1.165, 1.54) is 12.1 Å². The van der Waals surface area contributed by atoms with Crippen LogP contribution in [0, 0.1) is 0 Å². The summed E-state index contributed by atoms with van der Waals surface area (Å²) in [4.78, 5) is 3.22. The van der Waals surface area contributed by atoms with Gasteiger partial charge in [0.25, 0.3) is 5.82 Å². The van der Waals surface area contributed by atoms with Crippen molar-refractivity contribution in [3.8, 4) is 5.75 Å². The van der Waals surface area contributed by atoms with Gasteiger partial charge in [0.05, 0.1) is 6.42 Å². The zero-order valence-corrected chi connectivity index (χ0v) is 8.40. The second-order valence-electron chi connectivity index (χ2n) is 3.36. The zero-order valence-electron chi connectivity index (χ0n) is 8.40. The third-order valence-electron chi connectivity index (χ3n) is 1.99. The molecule has 7 heteroatoms. The van der Waals surface area contributed by atoms with Crippen molar-refractivity contribution in [3.63, 3.8) is 0 Å². The van der Waals surface area contributed by atoms with Crippen molar-refractivity contribution in [1.29, 1.82) is 0 Å². The summed E-state index contributed by atoms with van der Waals surface area (Å²) in [5, 5.41) is 12.0. The quantitative estimate of drug-likeness (QED) is 0.881. The second-order valence-corrected chi connectivity index (χ2v) is 3.36. The highest BCUT2D eigenvalue weighted by Crippen LogP contribution is 2.26. The first kappa shape index (κ1) is 11.4. The van der Waals surface area contributed by atoms with Gasteiger partial charge in [0.15, 0.2) is 0 Å². The average Bonchev–Trinajstić information content (AvgIpc) is 2.65. The van der Waals surface area contributed by atoms with E-state index >= 15 is 0 Å². The molecular weight excluding hydrogens is 237 g/mol. The van der Waals surface area contributed by atoms with Crippen LogP contribution in [0.3, 0.4) is 0 Å². The van der Waals surface area contributed by atoms with Crippen LogP contribution in [0.5, 0.6) is 5.75 Å². The maximum atomic E-state index is 12.2. The Morgan fingerprint density at radius 2 is 2.06 bits per heavy atom. The monoisotopic (exact) mass is 244 g/mol. The lowest BCUT2D eigenvalue weighted by molar-refractivity contribution is -0.146. The Labute approximate surface area is 93.7 Å². The molecule has 90 valence electrons. The molecule has 0 aliphatic heterocycles. The molecule has 1 N–H and O–H groups in total. The topological polar surface area (TPSA) is 59.2 Å². The Balaban J connectivity index is 2.17. The molecule has 17 heavy (non-hydrogen) atoms. The molecule has 1 aromatic carbocycles. The van der Waals surface area contributed by atoms with E-state index in [1.807, 2.05) is 0 Å². The smallest absolute Gasteiger partial charge is 0.455 e. The highest BCUT2D eigenvalue weighted by atomic mass is 19.4. The highest BCUT2D eigenvalue weighted by molar-refractivity contribution is 5.28. The van der Waals surface area contributed by atoms with E-state index in [2.05, 4.69) is 14.7 Å². The van der Waals surface area contributed by atoms with Crippen LogP contribution in [-0.2, 0) is 12.6 Å². The summed E-state index contributed by atoms with van der Waals surface area (Å²) in [5.74, 6) is -1.42. The molecule has 0 aliphatic rings. The molecule has 0 fully saturated rings. The highest BCUT2D eigenvalue weighted by Gasteiger charge is 2.37. The predicted octanol–water partition coefficient (Wildman–Crippen LogP) is 2.38. The lowest BCUT2D eigenvalue weighted by Crippen LogP contribution is -2.07. The van der Waals surface area contributed by atoms with Crippen LogP contribution in [0.25, 0.3) is 0 Å². The molecule has 0 unspecified atom stereocenters. The lowest BCUT2D eigenvalue weighted by Gasteiger charge is -1.98. The molecule has 2 aromatic rings. The van der Waals surface area contributed by atoms with Gasteiger partial charge in [-0.3, -0.25) is 0 Å². The van der Waals surface area contributed by atoms with E-state index in [-0.39, 0.29) is 18.1 Å². The standard InChI is InChI=1S/C10H7F3N2O2/c11-10(12,13)9-14-8(17-15-9)5-6-2-1-3-7(16)4-6/h1-4,16H,5H2. The lowest BCUT2D eigenvalue weighted by atomic mass is 10.1. The molecule has 0 amide bonds. The summed E-state index contributed by atoms with van der Waals surface area (Å²) in [6, 6.07) is 6.08. The number of benzene rings is 1. The molecule has 0 spiro atoms. The number of aromatic hydroxyl groups is 1.